The van der Waals surface area contributed by atoms with Crippen molar-refractivity contribution in [3.8, 4) is 0 Å². The van der Waals surface area contributed by atoms with E-state index in [1.54, 1.807) is 13.0 Å². The first kappa shape index (κ1) is 13.1. The third kappa shape index (κ3) is 4.99. The first-order valence-corrected chi connectivity index (χ1v) is 4.58. The Morgan fingerprint density at radius 3 is 2.64 bits per heavy atom. The Kier molecular flexibility index (Phi) is 7.06. The van der Waals surface area contributed by atoms with Crippen molar-refractivity contribution in [3.63, 3.8) is 0 Å². The van der Waals surface area contributed by atoms with Gasteiger partial charge in [0.15, 0.2) is 0 Å². The predicted octanol–water partition coefficient (Wildman–Crippen LogP) is 0.749. The standard InChI is InChI=1S/C10H18O4/c1-4-5-9(8(2)11)10(12)14-7-6-13-3/h4,8-9,11H,1,5-7H2,2-3H3/t8-,9+/m0/s1. The number of aliphatic hydroxyl groups is 1. The molecule has 0 aliphatic rings. The molecule has 0 rings (SSSR count). The van der Waals surface area contributed by atoms with Crippen LogP contribution in [-0.4, -0.2) is 37.5 Å². The molecule has 2 atom stereocenters. The van der Waals surface area contributed by atoms with Gasteiger partial charge in [-0.05, 0) is 13.3 Å². The smallest absolute Gasteiger partial charge is 0.311 e. The van der Waals surface area contributed by atoms with Crippen molar-refractivity contribution >= 4 is 5.97 Å². The lowest BCUT2D eigenvalue weighted by atomic mass is 10.0. The molecule has 4 heteroatoms. The van der Waals surface area contributed by atoms with E-state index in [2.05, 4.69) is 6.58 Å². The molecule has 0 aromatic heterocycles. The molecule has 0 bridgehead atoms. The fraction of sp³-hybridized carbons (Fsp3) is 0.700. The molecule has 0 saturated carbocycles. The Morgan fingerprint density at radius 2 is 2.21 bits per heavy atom. The number of rotatable bonds is 7. The predicted molar refractivity (Wildman–Crippen MR) is 52.8 cm³/mol. The minimum Gasteiger partial charge on any atom is -0.463 e. The third-order valence-corrected chi connectivity index (χ3v) is 1.84. The summed E-state index contributed by atoms with van der Waals surface area (Å²) in [5, 5.41) is 9.29. The van der Waals surface area contributed by atoms with E-state index in [0.29, 0.717) is 13.0 Å². The van der Waals surface area contributed by atoms with Gasteiger partial charge in [-0.1, -0.05) is 6.08 Å². The maximum absolute atomic E-state index is 11.4. The second-order valence-corrected chi connectivity index (χ2v) is 3.03. The highest BCUT2D eigenvalue weighted by atomic mass is 16.6. The minimum absolute atomic E-state index is 0.218. The molecule has 0 radical (unpaired) electrons. The second-order valence-electron chi connectivity index (χ2n) is 3.03. The molecule has 0 aliphatic heterocycles. The number of hydrogen-bond acceptors (Lipinski definition) is 4. The highest BCUT2D eigenvalue weighted by Crippen LogP contribution is 2.11. The van der Waals surface area contributed by atoms with Crippen LogP contribution >= 0.6 is 0 Å². The molecule has 0 fully saturated rings. The molecule has 1 N–H and O–H groups in total. The van der Waals surface area contributed by atoms with E-state index in [0.717, 1.165) is 0 Å². The zero-order chi connectivity index (χ0) is 11.0. The lowest BCUT2D eigenvalue weighted by Crippen LogP contribution is -2.28. The molecular weight excluding hydrogens is 184 g/mol. The van der Waals surface area contributed by atoms with Crippen LogP contribution in [0.2, 0.25) is 0 Å². The van der Waals surface area contributed by atoms with Gasteiger partial charge in [0.1, 0.15) is 6.61 Å². The summed E-state index contributed by atoms with van der Waals surface area (Å²) >= 11 is 0. The molecule has 0 aromatic rings. The van der Waals surface area contributed by atoms with Gasteiger partial charge < -0.3 is 14.6 Å². The summed E-state index contributed by atoms with van der Waals surface area (Å²) in [6, 6.07) is 0. The van der Waals surface area contributed by atoms with Gasteiger partial charge in [0.25, 0.3) is 0 Å². The van der Waals surface area contributed by atoms with Crippen molar-refractivity contribution in [1.82, 2.24) is 0 Å². The lowest BCUT2D eigenvalue weighted by Gasteiger charge is -2.16. The number of methoxy groups -OCH3 is 1. The molecular formula is C10H18O4. The summed E-state index contributed by atoms with van der Waals surface area (Å²) in [4.78, 5) is 11.4. The first-order valence-electron chi connectivity index (χ1n) is 4.58. The summed E-state index contributed by atoms with van der Waals surface area (Å²) in [5.74, 6) is -0.929. The van der Waals surface area contributed by atoms with Gasteiger partial charge in [-0.3, -0.25) is 4.79 Å². The number of hydrogen-bond donors (Lipinski definition) is 1. The normalized spacial score (nSPS) is 14.5. The highest BCUT2D eigenvalue weighted by Gasteiger charge is 2.23. The van der Waals surface area contributed by atoms with Gasteiger partial charge in [-0.15, -0.1) is 6.58 Å². The van der Waals surface area contributed by atoms with Crippen molar-refractivity contribution in [2.24, 2.45) is 5.92 Å². The molecule has 0 spiro atoms. The maximum atomic E-state index is 11.4. The van der Waals surface area contributed by atoms with Gasteiger partial charge >= 0.3 is 5.97 Å². The Bertz CT molecular complexity index is 177. The van der Waals surface area contributed by atoms with E-state index >= 15 is 0 Å². The van der Waals surface area contributed by atoms with Gasteiger partial charge in [-0.2, -0.15) is 0 Å². The molecule has 0 aromatic carbocycles. The zero-order valence-corrected chi connectivity index (χ0v) is 8.73. The zero-order valence-electron chi connectivity index (χ0n) is 8.73. The molecule has 0 aliphatic carbocycles. The fourth-order valence-corrected chi connectivity index (χ4v) is 1.00. The summed E-state index contributed by atoms with van der Waals surface area (Å²) < 4.78 is 9.62. The van der Waals surface area contributed by atoms with Gasteiger partial charge in [-0.25, -0.2) is 0 Å². The number of carbonyl (C=O) groups excluding carboxylic acids is 1. The van der Waals surface area contributed by atoms with Gasteiger partial charge in [0.2, 0.25) is 0 Å². The molecule has 0 saturated heterocycles. The average molecular weight is 202 g/mol. The van der Waals surface area contributed by atoms with E-state index < -0.39 is 18.0 Å². The van der Waals surface area contributed by atoms with Crippen LogP contribution in [0.4, 0.5) is 0 Å². The van der Waals surface area contributed by atoms with Crippen LogP contribution in [0.25, 0.3) is 0 Å². The number of ether oxygens (including phenoxy) is 2. The number of aliphatic hydroxyl groups excluding tert-OH is 1. The van der Waals surface area contributed by atoms with Crippen LogP contribution < -0.4 is 0 Å². The van der Waals surface area contributed by atoms with Crippen LogP contribution in [0, 0.1) is 5.92 Å². The lowest BCUT2D eigenvalue weighted by molar-refractivity contribution is -0.153. The fourth-order valence-electron chi connectivity index (χ4n) is 1.00. The maximum Gasteiger partial charge on any atom is 0.311 e. The van der Waals surface area contributed by atoms with Crippen molar-refractivity contribution < 1.29 is 19.4 Å². The second kappa shape index (κ2) is 7.53. The minimum atomic E-state index is -0.719. The monoisotopic (exact) mass is 202 g/mol. The number of allylic oxidation sites excluding steroid dienone is 1. The molecule has 0 heterocycles. The van der Waals surface area contributed by atoms with E-state index in [4.69, 9.17) is 9.47 Å². The SMILES string of the molecule is C=CC[C@@H](C(=O)OCCOC)[C@H](C)O. The first-order chi connectivity index (χ1) is 6.63. The van der Waals surface area contributed by atoms with Crippen molar-refractivity contribution in [3.05, 3.63) is 12.7 Å². The van der Waals surface area contributed by atoms with Crippen molar-refractivity contribution in [1.29, 1.82) is 0 Å². The van der Waals surface area contributed by atoms with E-state index in [1.165, 1.54) is 7.11 Å². The van der Waals surface area contributed by atoms with E-state index in [1.807, 2.05) is 0 Å². The number of carbonyl (C=O) groups is 1. The number of esters is 1. The van der Waals surface area contributed by atoms with Gasteiger partial charge in [0.05, 0.1) is 18.6 Å². The third-order valence-electron chi connectivity index (χ3n) is 1.84. The summed E-state index contributed by atoms with van der Waals surface area (Å²) in [6.07, 6.45) is 1.29. The van der Waals surface area contributed by atoms with Crippen molar-refractivity contribution in [2.45, 2.75) is 19.4 Å². The van der Waals surface area contributed by atoms with Gasteiger partial charge in [0, 0.05) is 7.11 Å². The van der Waals surface area contributed by atoms with Crippen molar-refractivity contribution in [2.75, 3.05) is 20.3 Å². The Labute approximate surface area is 84.5 Å². The topological polar surface area (TPSA) is 55.8 Å². The Morgan fingerprint density at radius 1 is 1.57 bits per heavy atom. The summed E-state index contributed by atoms with van der Waals surface area (Å²) in [6.45, 7) is 5.66. The van der Waals surface area contributed by atoms with E-state index in [9.17, 15) is 9.90 Å². The quantitative estimate of drug-likeness (QED) is 0.376. The van der Waals surface area contributed by atoms with Crippen LogP contribution in [-0.2, 0) is 14.3 Å². The molecule has 14 heavy (non-hydrogen) atoms. The van der Waals surface area contributed by atoms with Crippen LogP contribution in [0.3, 0.4) is 0 Å². The van der Waals surface area contributed by atoms with Crippen LogP contribution in [0.1, 0.15) is 13.3 Å². The molecule has 4 nitrogen and oxygen atoms in total. The summed E-state index contributed by atoms with van der Waals surface area (Å²) in [7, 11) is 1.53. The Balaban J connectivity index is 3.95. The summed E-state index contributed by atoms with van der Waals surface area (Å²) in [5.41, 5.74) is 0. The van der Waals surface area contributed by atoms with Crippen LogP contribution in [0.5, 0.6) is 0 Å². The Hall–Kier alpha value is -0.870. The molecule has 0 amide bonds. The largest absolute Gasteiger partial charge is 0.463 e. The molecule has 82 valence electrons. The highest BCUT2D eigenvalue weighted by molar-refractivity contribution is 5.73. The van der Waals surface area contributed by atoms with Crippen LogP contribution in [0.15, 0.2) is 12.7 Å². The average Bonchev–Trinajstić information content (AvgIpc) is 2.13. The van der Waals surface area contributed by atoms with E-state index in [-0.39, 0.29) is 6.61 Å². The molecule has 0 unspecified atom stereocenters.